The first-order valence-corrected chi connectivity index (χ1v) is 8.33. The summed E-state index contributed by atoms with van der Waals surface area (Å²) in [5, 5.41) is 18.5. The molecule has 0 radical (unpaired) electrons. The lowest BCUT2D eigenvalue weighted by Crippen LogP contribution is -2.34. The molecule has 0 aromatic heterocycles. The van der Waals surface area contributed by atoms with Crippen LogP contribution in [0.2, 0.25) is 0 Å². The van der Waals surface area contributed by atoms with Crippen molar-refractivity contribution in [3.63, 3.8) is 0 Å². The van der Waals surface area contributed by atoms with Gasteiger partial charge >= 0.3 is 5.97 Å². The lowest BCUT2D eigenvalue weighted by atomic mass is 10.1. The highest BCUT2D eigenvalue weighted by molar-refractivity contribution is 7.80. The van der Waals surface area contributed by atoms with Crippen molar-refractivity contribution in [1.82, 2.24) is 0 Å². The van der Waals surface area contributed by atoms with Crippen molar-refractivity contribution >= 4 is 18.6 Å². The van der Waals surface area contributed by atoms with E-state index in [4.69, 9.17) is 16.2 Å². The highest BCUT2D eigenvalue weighted by Gasteiger charge is 2.16. The largest absolute Gasteiger partial charge is 0.504 e. The molecular weight excluding hydrogens is 316 g/mol. The fourth-order valence-electron chi connectivity index (χ4n) is 1.67. The summed E-state index contributed by atoms with van der Waals surface area (Å²) >= 11 is 3.80. The minimum Gasteiger partial charge on any atom is -0.504 e. The molecule has 0 fully saturated rings. The van der Waals surface area contributed by atoms with Crippen molar-refractivity contribution < 1.29 is 19.7 Å². The van der Waals surface area contributed by atoms with Gasteiger partial charge in [0.2, 0.25) is 0 Å². The van der Waals surface area contributed by atoms with E-state index in [-0.39, 0.29) is 17.9 Å². The molecule has 132 valence electrons. The first kappa shape index (κ1) is 21.6. The number of benzene rings is 1. The third-order valence-electron chi connectivity index (χ3n) is 2.92. The van der Waals surface area contributed by atoms with Crippen LogP contribution in [0.15, 0.2) is 18.2 Å². The van der Waals surface area contributed by atoms with Gasteiger partial charge in [0.1, 0.15) is 6.04 Å². The number of hydrogen-bond donors (Lipinski definition) is 5. The summed E-state index contributed by atoms with van der Waals surface area (Å²) in [6, 6.07) is 3.61. The predicted molar refractivity (Wildman–Crippen MR) is 94.8 cm³/mol. The highest BCUT2D eigenvalue weighted by Crippen LogP contribution is 2.25. The van der Waals surface area contributed by atoms with Crippen molar-refractivity contribution in [2.45, 2.75) is 38.6 Å². The summed E-state index contributed by atoms with van der Waals surface area (Å²) in [5.74, 6) is -0.0656. The molecule has 1 unspecified atom stereocenters. The Balaban J connectivity index is 0.00000108. The lowest BCUT2D eigenvalue weighted by Gasteiger charge is -2.12. The SMILES string of the molecule is CCCCCOC(=O)C(N)Cc1ccc(O)c(O)c1.NCCS. The Morgan fingerprint density at radius 2 is 1.96 bits per heavy atom. The quantitative estimate of drug-likeness (QED) is 0.211. The van der Waals surface area contributed by atoms with Gasteiger partial charge in [0.05, 0.1) is 6.61 Å². The molecule has 1 rings (SSSR count). The number of nitrogens with two attached hydrogens (primary N) is 2. The van der Waals surface area contributed by atoms with Crippen molar-refractivity contribution in [3.8, 4) is 11.5 Å². The fourth-order valence-corrected chi connectivity index (χ4v) is 1.67. The van der Waals surface area contributed by atoms with Gasteiger partial charge in [-0.1, -0.05) is 25.8 Å². The van der Waals surface area contributed by atoms with Crippen LogP contribution in [0.1, 0.15) is 31.7 Å². The number of aromatic hydroxyl groups is 2. The number of esters is 1. The summed E-state index contributed by atoms with van der Waals surface area (Å²) in [5.41, 5.74) is 11.4. The number of thiol groups is 1. The van der Waals surface area contributed by atoms with Gasteiger partial charge in [-0.3, -0.25) is 4.79 Å². The van der Waals surface area contributed by atoms with E-state index in [1.54, 1.807) is 6.07 Å². The number of ether oxygens (including phenoxy) is 1. The van der Waals surface area contributed by atoms with Crippen molar-refractivity contribution in [2.75, 3.05) is 18.9 Å². The van der Waals surface area contributed by atoms with Crippen LogP contribution < -0.4 is 11.5 Å². The Morgan fingerprint density at radius 3 is 2.48 bits per heavy atom. The molecule has 0 saturated carbocycles. The van der Waals surface area contributed by atoms with Gasteiger partial charge in [-0.05, 0) is 30.5 Å². The molecule has 6 nitrogen and oxygen atoms in total. The van der Waals surface area contributed by atoms with Gasteiger partial charge in [0.15, 0.2) is 11.5 Å². The maximum Gasteiger partial charge on any atom is 0.323 e. The normalized spacial score (nSPS) is 11.3. The summed E-state index contributed by atoms with van der Waals surface area (Å²) in [6.45, 7) is 3.15. The zero-order valence-corrected chi connectivity index (χ0v) is 14.5. The molecule has 0 saturated heterocycles. The highest BCUT2D eigenvalue weighted by atomic mass is 32.1. The zero-order chi connectivity index (χ0) is 17.7. The summed E-state index contributed by atoms with van der Waals surface area (Å²) in [6.07, 6.45) is 3.19. The minimum atomic E-state index is -0.759. The van der Waals surface area contributed by atoms with Gasteiger partial charge in [-0.15, -0.1) is 0 Å². The summed E-state index contributed by atoms with van der Waals surface area (Å²) in [4.78, 5) is 11.6. The molecule has 0 aliphatic carbocycles. The Bertz CT molecular complexity index is 456. The van der Waals surface area contributed by atoms with Crippen LogP contribution in [0.5, 0.6) is 11.5 Å². The first-order chi connectivity index (χ1) is 11.0. The molecule has 1 atom stereocenters. The monoisotopic (exact) mass is 344 g/mol. The van der Waals surface area contributed by atoms with E-state index in [0.29, 0.717) is 18.7 Å². The smallest absolute Gasteiger partial charge is 0.323 e. The van der Waals surface area contributed by atoms with Gasteiger partial charge < -0.3 is 26.4 Å². The molecular formula is C16H28N2O4S. The molecule has 1 aromatic carbocycles. The molecule has 6 N–H and O–H groups in total. The van der Waals surface area contributed by atoms with Gasteiger partial charge in [-0.25, -0.2) is 0 Å². The number of rotatable bonds is 8. The van der Waals surface area contributed by atoms with Crippen LogP contribution in [0.25, 0.3) is 0 Å². The second-order valence-electron chi connectivity index (χ2n) is 5.02. The molecule has 7 heteroatoms. The number of unbranched alkanes of at least 4 members (excludes halogenated alkanes) is 2. The first-order valence-electron chi connectivity index (χ1n) is 7.70. The Kier molecular flexibility index (Phi) is 12.2. The topological polar surface area (TPSA) is 119 Å². The summed E-state index contributed by atoms with van der Waals surface area (Å²) < 4.78 is 5.06. The molecule has 0 aliphatic heterocycles. The third kappa shape index (κ3) is 10.0. The zero-order valence-electron chi connectivity index (χ0n) is 13.6. The van der Waals surface area contributed by atoms with E-state index >= 15 is 0 Å². The van der Waals surface area contributed by atoms with Crippen molar-refractivity contribution in [3.05, 3.63) is 23.8 Å². The molecule has 1 aromatic rings. The maximum absolute atomic E-state index is 11.6. The van der Waals surface area contributed by atoms with Crippen molar-refractivity contribution in [2.24, 2.45) is 11.5 Å². The predicted octanol–water partition coefficient (Wildman–Crippen LogP) is 1.58. The third-order valence-corrected chi connectivity index (χ3v) is 3.18. The number of phenols is 2. The van der Waals surface area contributed by atoms with Crippen LogP contribution >= 0.6 is 12.6 Å². The number of carbonyl (C=O) groups is 1. The van der Waals surface area contributed by atoms with Gasteiger partial charge in [-0.2, -0.15) is 12.6 Å². The average Bonchev–Trinajstić information content (AvgIpc) is 2.55. The lowest BCUT2D eigenvalue weighted by molar-refractivity contribution is -0.145. The van der Waals surface area contributed by atoms with Crippen LogP contribution in [0.4, 0.5) is 0 Å². The molecule has 0 bridgehead atoms. The molecule has 23 heavy (non-hydrogen) atoms. The Labute approximate surface area is 143 Å². The van der Waals surface area contributed by atoms with Gasteiger partial charge in [0.25, 0.3) is 0 Å². The average molecular weight is 344 g/mol. The molecule has 0 heterocycles. The summed E-state index contributed by atoms with van der Waals surface area (Å²) in [7, 11) is 0. The Morgan fingerprint density at radius 1 is 1.30 bits per heavy atom. The van der Waals surface area contributed by atoms with Crippen LogP contribution in [-0.2, 0) is 16.0 Å². The standard InChI is InChI=1S/C14H21NO4.C2H7NS/c1-2-3-4-7-19-14(18)11(15)8-10-5-6-12(16)13(17)9-10;3-1-2-4/h5-6,9,11,16-17H,2-4,7-8,15H2,1H3;4H,1-3H2. The molecule has 0 amide bonds. The van der Waals surface area contributed by atoms with Crippen LogP contribution in [0.3, 0.4) is 0 Å². The second kappa shape index (κ2) is 13.0. The number of hydrogen-bond acceptors (Lipinski definition) is 7. The second-order valence-corrected chi connectivity index (χ2v) is 5.47. The number of carbonyl (C=O) groups excluding carboxylic acids is 1. The van der Waals surface area contributed by atoms with Crippen LogP contribution in [-0.4, -0.2) is 41.1 Å². The van der Waals surface area contributed by atoms with E-state index in [1.165, 1.54) is 12.1 Å². The molecule has 0 spiro atoms. The van der Waals surface area contributed by atoms with E-state index in [0.717, 1.165) is 25.0 Å². The minimum absolute atomic E-state index is 0.195. The van der Waals surface area contributed by atoms with E-state index in [2.05, 4.69) is 19.6 Å². The Hall–Kier alpha value is -1.44. The van der Waals surface area contributed by atoms with E-state index < -0.39 is 12.0 Å². The molecule has 0 aliphatic rings. The van der Waals surface area contributed by atoms with E-state index in [9.17, 15) is 15.0 Å². The number of phenolic OH excluding ortho intramolecular Hbond substituents is 2. The maximum atomic E-state index is 11.6. The fraction of sp³-hybridized carbons (Fsp3) is 0.562. The van der Waals surface area contributed by atoms with Gasteiger partial charge in [0, 0.05) is 12.3 Å². The van der Waals surface area contributed by atoms with E-state index in [1.807, 2.05) is 0 Å². The van der Waals surface area contributed by atoms with Crippen molar-refractivity contribution in [1.29, 1.82) is 0 Å². The van der Waals surface area contributed by atoms with Crippen LogP contribution in [0, 0.1) is 0 Å².